The van der Waals surface area contributed by atoms with Crippen molar-refractivity contribution in [2.45, 2.75) is 108 Å². The predicted molar refractivity (Wildman–Crippen MR) is 224 cm³/mol. The van der Waals surface area contributed by atoms with Crippen LogP contribution in [0.4, 0.5) is 5.95 Å². The molecule has 0 radical (unpaired) electrons. The average Bonchev–Trinajstić information content (AvgIpc) is 3.48. The van der Waals surface area contributed by atoms with Crippen LogP contribution >= 0.6 is 12.2 Å². The molecule has 2 aromatic heterocycles. The highest BCUT2D eigenvalue weighted by Gasteiger charge is 2.27. The van der Waals surface area contributed by atoms with Gasteiger partial charge in [-0.3, -0.25) is 19.5 Å². The lowest BCUT2D eigenvalue weighted by Crippen LogP contribution is -2.19. The first kappa shape index (κ1) is 41.1. The molecular weight excluding hydrogens is 675 g/mol. The Morgan fingerprint density at radius 1 is 0.792 bits per heavy atom. The summed E-state index contributed by atoms with van der Waals surface area (Å²) >= 11 is 5.44. The quantitative estimate of drug-likeness (QED) is 0.136. The van der Waals surface area contributed by atoms with Crippen LogP contribution in [0.15, 0.2) is 124 Å². The molecule has 0 bridgehead atoms. The molecule has 8 heteroatoms. The van der Waals surface area contributed by atoms with Gasteiger partial charge in [0.1, 0.15) is 11.8 Å². The highest BCUT2D eigenvalue weighted by Crippen LogP contribution is 2.41. The van der Waals surface area contributed by atoms with Crippen molar-refractivity contribution in [3.63, 3.8) is 0 Å². The Bertz CT molecular complexity index is 2110. The molecule has 0 fully saturated rings. The Kier molecular flexibility index (Phi) is 13.9. The summed E-state index contributed by atoms with van der Waals surface area (Å²) in [6.07, 6.45) is 32.2. The Labute approximate surface area is 321 Å². The molecule has 4 rings (SSSR count). The molecule has 2 heterocycles. The number of anilines is 1. The van der Waals surface area contributed by atoms with E-state index < -0.39 is 0 Å². The topological polar surface area (TPSA) is 92.7 Å². The van der Waals surface area contributed by atoms with Crippen molar-refractivity contribution in [3.05, 3.63) is 128 Å². The predicted octanol–water partition coefficient (Wildman–Crippen LogP) is 12.1. The lowest BCUT2D eigenvalue weighted by atomic mass is 9.72. The number of aromatic nitrogens is 4. The van der Waals surface area contributed by atoms with Crippen LogP contribution in [0.2, 0.25) is 0 Å². The highest BCUT2D eigenvalue weighted by atomic mass is 32.1. The van der Waals surface area contributed by atoms with Crippen LogP contribution in [0.5, 0.6) is 0 Å². The zero-order valence-electron chi connectivity index (χ0n) is 33.3. The monoisotopic (exact) mass is 731 g/mol. The van der Waals surface area contributed by atoms with Crippen LogP contribution in [0.25, 0.3) is 11.2 Å². The minimum atomic E-state index is -0.377. The number of fused-ring (bicyclic) bond motifs is 1. The molecule has 2 aliphatic carbocycles. The molecule has 0 spiro atoms. The number of hydrogen-bond acceptors (Lipinski definition) is 5. The van der Waals surface area contributed by atoms with Gasteiger partial charge < -0.3 is 4.98 Å². The van der Waals surface area contributed by atoms with E-state index in [1.165, 1.54) is 71.0 Å². The minimum Gasteiger partial charge on any atom is -0.309 e. The third kappa shape index (κ3) is 11.4. The van der Waals surface area contributed by atoms with E-state index in [2.05, 4.69) is 100.0 Å². The number of H-pyrrole nitrogens is 1. The second kappa shape index (κ2) is 17.9. The van der Waals surface area contributed by atoms with E-state index in [1.54, 1.807) is 0 Å². The molecular formula is C45H57N5O2S. The molecule has 2 N–H and O–H groups in total. The van der Waals surface area contributed by atoms with Crippen molar-refractivity contribution in [2.24, 2.45) is 10.8 Å². The van der Waals surface area contributed by atoms with Gasteiger partial charge in [0.25, 0.3) is 11.8 Å². The number of rotatable bonds is 11. The number of amides is 1. The average molecular weight is 732 g/mol. The number of nitrogens with one attached hydrogen (secondary N) is 2. The number of allylic oxidation sites excluding steroid dienone is 19. The summed E-state index contributed by atoms with van der Waals surface area (Å²) in [5.41, 5.74) is 10.7. The molecule has 2 aliphatic rings. The number of hydrogen-bond donors (Lipinski definition) is 2. The molecule has 1 amide bonds. The van der Waals surface area contributed by atoms with Crippen molar-refractivity contribution in [2.75, 3.05) is 5.32 Å². The van der Waals surface area contributed by atoms with E-state index >= 15 is 0 Å². The standard InChI is InChI=1S/C45H57N5O2S/c1-30(21-23-36-34(5)19-13-25-44(36,7)8)15-11-17-32(3)27-38(51)47-43-48-41-40(42(53)49-43)46-29-50(41)39(52)28-33(4)18-12-16-31(2)22-24-37-35(6)20-14-26-45(37,9)10/h11-12,15-18,21-24,27-29H,13-14,19-20,25-26H2,1-10H3,(H2,47,48,49,51,53)/b17-11+,18-12+,23-21+,24-22+,30-15+,31-16+,32-27+,33-28+. The molecule has 0 atom stereocenters. The van der Waals surface area contributed by atoms with Gasteiger partial charge in [-0.05, 0) is 113 Å². The summed E-state index contributed by atoms with van der Waals surface area (Å²) in [6.45, 7) is 21.6. The first-order valence-electron chi connectivity index (χ1n) is 18.6. The van der Waals surface area contributed by atoms with Gasteiger partial charge in [0.15, 0.2) is 10.3 Å². The fourth-order valence-electron chi connectivity index (χ4n) is 7.13. The van der Waals surface area contributed by atoms with Crippen LogP contribution in [-0.4, -0.2) is 31.3 Å². The number of carbonyl (C=O) groups excluding carboxylic acids is 2. The summed E-state index contributed by atoms with van der Waals surface area (Å²) in [4.78, 5) is 37.8. The van der Waals surface area contributed by atoms with Gasteiger partial charge in [0.05, 0.1) is 0 Å². The van der Waals surface area contributed by atoms with E-state index in [-0.39, 0.29) is 33.2 Å². The second-order valence-corrected chi connectivity index (χ2v) is 16.3. The number of imidazole rings is 1. The highest BCUT2D eigenvalue weighted by molar-refractivity contribution is 7.71. The Morgan fingerprint density at radius 3 is 1.81 bits per heavy atom. The third-order valence-electron chi connectivity index (χ3n) is 10.2. The summed E-state index contributed by atoms with van der Waals surface area (Å²) in [5, 5.41) is 2.74. The molecule has 7 nitrogen and oxygen atoms in total. The van der Waals surface area contributed by atoms with Crippen LogP contribution in [0, 0.1) is 15.5 Å². The van der Waals surface area contributed by atoms with E-state index in [9.17, 15) is 9.59 Å². The van der Waals surface area contributed by atoms with E-state index in [0.717, 1.165) is 35.1 Å². The van der Waals surface area contributed by atoms with Crippen molar-refractivity contribution in [3.8, 4) is 0 Å². The Morgan fingerprint density at radius 2 is 1.30 bits per heavy atom. The van der Waals surface area contributed by atoms with Crippen molar-refractivity contribution >= 4 is 41.1 Å². The van der Waals surface area contributed by atoms with Gasteiger partial charge in [0.2, 0.25) is 5.95 Å². The van der Waals surface area contributed by atoms with E-state index in [1.807, 2.05) is 50.3 Å². The maximum absolute atomic E-state index is 13.3. The van der Waals surface area contributed by atoms with Gasteiger partial charge in [-0.15, -0.1) is 0 Å². The third-order valence-corrected chi connectivity index (χ3v) is 10.4. The van der Waals surface area contributed by atoms with E-state index in [4.69, 9.17) is 12.2 Å². The van der Waals surface area contributed by atoms with Gasteiger partial charge in [-0.1, -0.05) is 123 Å². The number of carbonyl (C=O) groups is 2. The molecule has 2 aromatic rings. The molecule has 0 aromatic carbocycles. The van der Waals surface area contributed by atoms with Crippen LogP contribution < -0.4 is 5.32 Å². The first-order chi connectivity index (χ1) is 25.0. The molecule has 280 valence electrons. The van der Waals surface area contributed by atoms with Crippen LogP contribution in [0.3, 0.4) is 0 Å². The summed E-state index contributed by atoms with van der Waals surface area (Å²) in [7, 11) is 0. The van der Waals surface area contributed by atoms with Crippen LogP contribution in [0.1, 0.15) is 113 Å². The molecule has 0 unspecified atom stereocenters. The van der Waals surface area contributed by atoms with Crippen LogP contribution in [-0.2, 0) is 4.79 Å². The number of aromatic amines is 1. The van der Waals surface area contributed by atoms with Gasteiger partial charge >= 0.3 is 0 Å². The fraction of sp³-hybridized carbons (Fsp3) is 0.400. The smallest absolute Gasteiger partial charge is 0.257 e. The van der Waals surface area contributed by atoms with Crippen molar-refractivity contribution in [1.82, 2.24) is 19.5 Å². The largest absolute Gasteiger partial charge is 0.309 e. The SMILES string of the molecule is CC1=C(/C=C/C(C)=C/C=C/C(C)=C/C(=O)Nc2nc(=S)c3ncn(C(=O)/C=C(C)/C=C/C=C(C)/C=C/C4=C(C)CCCC4(C)C)c3[nH]2)C(C)(C)CCC1. The maximum Gasteiger partial charge on any atom is 0.257 e. The molecule has 53 heavy (non-hydrogen) atoms. The van der Waals surface area contributed by atoms with Gasteiger partial charge in [-0.2, -0.15) is 0 Å². The fourth-order valence-corrected chi connectivity index (χ4v) is 7.37. The zero-order valence-corrected chi connectivity index (χ0v) is 34.1. The first-order valence-corrected chi connectivity index (χ1v) is 19.0. The minimum absolute atomic E-state index is 0.128. The van der Waals surface area contributed by atoms with Gasteiger partial charge in [-0.25, -0.2) is 9.97 Å². The molecule has 0 aliphatic heterocycles. The summed E-state index contributed by atoms with van der Waals surface area (Å²) in [6, 6.07) is 0. The number of nitrogens with zero attached hydrogens (tertiary/aromatic N) is 3. The summed E-state index contributed by atoms with van der Waals surface area (Å²) < 4.78 is 1.54. The van der Waals surface area contributed by atoms with Gasteiger partial charge in [0, 0.05) is 12.2 Å². The second-order valence-electron chi connectivity index (χ2n) is 15.9. The summed E-state index contributed by atoms with van der Waals surface area (Å²) in [5.74, 6) is -0.555. The zero-order chi connectivity index (χ0) is 38.9. The van der Waals surface area contributed by atoms with Crippen molar-refractivity contribution in [1.29, 1.82) is 0 Å². The lowest BCUT2D eigenvalue weighted by Gasteiger charge is -2.33. The molecule has 0 saturated heterocycles. The molecule has 0 saturated carbocycles. The van der Waals surface area contributed by atoms with Crippen molar-refractivity contribution < 1.29 is 9.59 Å². The maximum atomic E-state index is 13.3. The Balaban J connectivity index is 1.40. The van der Waals surface area contributed by atoms with E-state index in [0.29, 0.717) is 11.2 Å². The normalized spacial score (nSPS) is 19.2. The Hall–Kier alpha value is -4.69. The lowest BCUT2D eigenvalue weighted by molar-refractivity contribution is -0.112.